The van der Waals surface area contributed by atoms with E-state index in [4.69, 9.17) is 0 Å². The summed E-state index contributed by atoms with van der Waals surface area (Å²) in [5.41, 5.74) is 2.20. The molecule has 3 aromatic heterocycles. The van der Waals surface area contributed by atoms with E-state index < -0.39 is 10.0 Å². The predicted molar refractivity (Wildman–Crippen MR) is 99.5 cm³/mol. The minimum Gasteiger partial charge on any atom is -0.321 e. The van der Waals surface area contributed by atoms with Crippen LogP contribution in [0.1, 0.15) is 13.3 Å². The van der Waals surface area contributed by atoms with E-state index in [1.165, 1.54) is 0 Å². The second-order valence-corrected chi connectivity index (χ2v) is 7.49. The number of sulfonamides is 1. The minimum absolute atomic E-state index is 0.0612. The molecule has 0 fully saturated rings. The van der Waals surface area contributed by atoms with E-state index >= 15 is 0 Å². The summed E-state index contributed by atoms with van der Waals surface area (Å²) in [4.78, 5) is 12.8. The van der Waals surface area contributed by atoms with Crippen LogP contribution in [0.25, 0.3) is 11.3 Å². The third-order valence-electron chi connectivity index (χ3n) is 3.41. The molecule has 0 atom stereocenters. The molecular formula is C16H19N7O2S. The Morgan fingerprint density at radius 2 is 2.00 bits per heavy atom. The lowest BCUT2D eigenvalue weighted by Crippen LogP contribution is -2.16. The molecule has 0 saturated heterocycles. The molecule has 0 aromatic carbocycles. The van der Waals surface area contributed by atoms with Gasteiger partial charge in [-0.25, -0.2) is 23.4 Å². The Bertz CT molecular complexity index is 984. The van der Waals surface area contributed by atoms with Gasteiger partial charge in [-0.2, -0.15) is 5.10 Å². The highest BCUT2D eigenvalue weighted by Gasteiger charge is 2.10. The van der Waals surface area contributed by atoms with Crippen molar-refractivity contribution in [2.45, 2.75) is 13.3 Å². The number of nitrogens with zero attached hydrogens (tertiary/aromatic N) is 5. The van der Waals surface area contributed by atoms with Crippen molar-refractivity contribution in [3.63, 3.8) is 0 Å². The first-order valence-corrected chi connectivity index (χ1v) is 9.66. The lowest BCUT2D eigenvalue weighted by Gasteiger charge is -2.07. The maximum atomic E-state index is 11.8. The van der Waals surface area contributed by atoms with Crippen LogP contribution in [0.15, 0.2) is 43.0 Å². The van der Waals surface area contributed by atoms with Gasteiger partial charge in [0.05, 0.1) is 23.3 Å². The lowest BCUT2D eigenvalue weighted by molar-refractivity contribution is 0.599. The van der Waals surface area contributed by atoms with Crippen molar-refractivity contribution < 1.29 is 8.42 Å². The smallest absolute Gasteiger partial charge is 0.233 e. The normalized spacial score (nSPS) is 11.3. The molecular weight excluding hydrogens is 354 g/mol. The SMILES string of the molecule is CCCS(=O)(=O)Nc1ccc(-c2ccnc(Nc3cnn(C)c3)n2)cn1. The Hall–Kier alpha value is -3.01. The number of anilines is 3. The summed E-state index contributed by atoms with van der Waals surface area (Å²) in [7, 11) is -1.53. The minimum atomic E-state index is -3.36. The molecule has 0 bridgehead atoms. The van der Waals surface area contributed by atoms with Gasteiger partial charge in [-0.3, -0.25) is 9.40 Å². The molecule has 0 aliphatic heterocycles. The van der Waals surface area contributed by atoms with E-state index in [2.05, 4.69) is 30.1 Å². The van der Waals surface area contributed by atoms with Crippen molar-refractivity contribution in [3.05, 3.63) is 43.0 Å². The third kappa shape index (κ3) is 4.54. The highest BCUT2D eigenvalue weighted by molar-refractivity contribution is 7.92. The van der Waals surface area contributed by atoms with E-state index in [-0.39, 0.29) is 11.6 Å². The topological polar surface area (TPSA) is 115 Å². The lowest BCUT2D eigenvalue weighted by atomic mass is 10.2. The quantitative estimate of drug-likeness (QED) is 0.652. The second-order valence-electron chi connectivity index (χ2n) is 5.65. The second kappa shape index (κ2) is 7.48. The molecule has 0 aliphatic carbocycles. The molecule has 0 unspecified atom stereocenters. The van der Waals surface area contributed by atoms with Crippen LogP contribution in [-0.4, -0.2) is 38.9 Å². The van der Waals surface area contributed by atoms with Gasteiger partial charge in [0.2, 0.25) is 16.0 Å². The van der Waals surface area contributed by atoms with Gasteiger partial charge in [-0.1, -0.05) is 6.92 Å². The maximum absolute atomic E-state index is 11.8. The predicted octanol–water partition coefficient (Wildman–Crippen LogP) is 2.17. The number of aryl methyl sites for hydroxylation is 1. The van der Waals surface area contributed by atoms with Gasteiger partial charge in [-0.15, -0.1) is 0 Å². The zero-order valence-electron chi connectivity index (χ0n) is 14.4. The summed E-state index contributed by atoms with van der Waals surface area (Å²) < 4.78 is 27.7. The third-order valence-corrected chi connectivity index (χ3v) is 4.87. The van der Waals surface area contributed by atoms with Gasteiger partial charge in [0.25, 0.3) is 0 Å². The van der Waals surface area contributed by atoms with E-state index in [9.17, 15) is 8.42 Å². The van der Waals surface area contributed by atoms with Crippen molar-refractivity contribution in [3.8, 4) is 11.3 Å². The molecule has 10 heteroatoms. The number of aromatic nitrogens is 5. The standard InChI is InChI=1S/C16H19N7O2S/c1-3-8-26(24,25)22-15-5-4-12(9-18-15)14-6-7-17-16(21-14)20-13-10-19-23(2)11-13/h4-7,9-11H,3,8H2,1-2H3,(H,18,22)(H,17,20,21). The van der Waals surface area contributed by atoms with Crippen LogP contribution >= 0.6 is 0 Å². The molecule has 136 valence electrons. The van der Waals surface area contributed by atoms with Crippen molar-refractivity contribution in [1.29, 1.82) is 0 Å². The Morgan fingerprint density at radius 3 is 2.65 bits per heavy atom. The number of nitrogens with one attached hydrogen (secondary N) is 2. The maximum Gasteiger partial charge on any atom is 0.233 e. The largest absolute Gasteiger partial charge is 0.321 e. The number of hydrogen-bond donors (Lipinski definition) is 2. The van der Waals surface area contributed by atoms with Crippen molar-refractivity contribution >= 4 is 27.5 Å². The highest BCUT2D eigenvalue weighted by atomic mass is 32.2. The van der Waals surface area contributed by atoms with Crippen molar-refractivity contribution in [2.75, 3.05) is 15.8 Å². The first-order chi connectivity index (χ1) is 12.4. The van der Waals surface area contributed by atoms with E-state index in [0.717, 1.165) is 11.3 Å². The summed E-state index contributed by atoms with van der Waals surface area (Å²) in [6.07, 6.45) is 7.24. The van der Waals surface area contributed by atoms with E-state index in [0.29, 0.717) is 18.1 Å². The summed E-state index contributed by atoms with van der Waals surface area (Å²) in [6, 6.07) is 5.12. The zero-order chi connectivity index (χ0) is 18.6. The molecule has 0 amide bonds. The van der Waals surface area contributed by atoms with Gasteiger partial charge in [-0.05, 0) is 24.6 Å². The first kappa shape index (κ1) is 17.8. The molecule has 3 heterocycles. The molecule has 0 radical (unpaired) electrons. The van der Waals surface area contributed by atoms with Crippen LogP contribution in [0.4, 0.5) is 17.5 Å². The van der Waals surface area contributed by atoms with Crippen LogP contribution in [0.2, 0.25) is 0 Å². The Labute approximate surface area is 151 Å². The van der Waals surface area contributed by atoms with Gasteiger partial charge >= 0.3 is 0 Å². The van der Waals surface area contributed by atoms with Gasteiger partial charge in [0, 0.05) is 31.2 Å². The van der Waals surface area contributed by atoms with Gasteiger partial charge in [0.15, 0.2) is 0 Å². The van der Waals surface area contributed by atoms with E-state index in [1.54, 1.807) is 41.5 Å². The summed E-state index contributed by atoms with van der Waals surface area (Å²) in [5, 5.41) is 7.15. The number of pyridine rings is 1. The number of hydrogen-bond acceptors (Lipinski definition) is 7. The van der Waals surface area contributed by atoms with Crippen LogP contribution < -0.4 is 10.0 Å². The van der Waals surface area contributed by atoms with Crippen LogP contribution in [0, 0.1) is 0 Å². The molecule has 2 N–H and O–H groups in total. The molecule has 9 nitrogen and oxygen atoms in total. The Morgan fingerprint density at radius 1 is 1.15 bits per heavy atom. The zero-order valence-corrected chi connectivity index (χ0v) is 15.2. The van der Waals surface area contributed by atoms with Gasteiger partial charge in [0.1, 0.15) is 5.82 Å². The van der Waals surface area contributed by atoms with Gasteiger partial charge < -0.3 is 5.32 Å². The van der Waals surface area contributed by atoms with Crippen LogP contribution in [-0.2, 0) is 17.1 Å². The summed E-state index contributed by atoms with van der Waals surface area (Å²) in [6.45, 7) is 1.81. The van der Waals surface area contributed by atoms with Crippen molar-refractivity contribution in [2.24, 2.45) is 7.05 Å². The molecule has 3 aromatic rings. The average molecular weight is 373 g/mol. The average Bonchev–Trinajstić information content (AvgIpc) is 3.00. The summed E-state index contributed by atoms with van der Waals surface area (Å²) in [5.74, 6) is 0.777. The highest BCUT2D eigenvalue weighted by Crippen LogP contribution is 2.20. The fourth-order valence-corrected chi connectivity index (χ4v) is 3.36. The van der Waals surface area contributed by atoms with Crippen LogP contribution in [0.3, 0.4) is 0 Å². The first-order valence-electron chi connectivity index (χ1n) is 8.01. The molecule has 3 rings (SSSR count). The van der Waals surface area contributed by atoms with Crippen LogP contribution in [0.5, 0.6) is 0 Å². The Kier molecular flexibility index (Phi) is 5.12. The fraction of sp³-hybridized carbons (Fsp3) is 0.250. The fourth-order valence-electron chi connectivity index (χ4n) is 2.28. The molecule has 26 heavy (non-hydrogen) atoms. The monoisotopic (exact) mass is 373 g/mol. The molecule has 0 spiro atoms. The molecule has 0 saturated carbocycles. The van der Waals surface area contributed by atoms with Crippen molar-refractivity contribution in [1.82, 2.24) is 24.7 Å². The summed E-state index contributed by atoms with van der Waals surface area (Å²) >= 11 is 0. The van der Waals surface area contributed by atoms with E-state index in [1.807, 2.05) is 20.2 Å². The molecule has 0 aliphatic rings. The Balaban J connectivity index is 1.76. The number of rotatable bonds is 7.